The van der Waals surface area contributed by atoms with Gasteiger partial charge in [-0.3, -0.25) is 14.2 Å². The molecule has 1 aromatic carbocycles. The summed E-state index contributed by atoms with van der Waals surface area (Å²) in [6.45, 7) is 2.19. The number of nitrogens with zero attached hydrogens (tertiary/aromatic N) is 6. The van der Waals surface area contributed by atoms with E-state index in [-0.39, 0.29) is 11.9 Å². The van der Waals surface area contributed by atoms with Gasteiger partial charge in [0.05, 0.1) is 23.8 Å². The lowest BCUT2D eigenvalue weighted by Crippen LogP contribution is -2.42. The maximum atomic E-state index is 13.3. The zero-order valence-corrected chi connectivity index (χ0v) is 15.5. The van der Waals surface area contributed by atoms with E-state index < -0.39 is 0 Å². The van der Waals surface area contributed by atoms with E-state index in [4.69, 9.17) is 0 Å². The lowest BCUT2D eigenvalue weighted by atomic mass is 10.1. The van der Waals surface area contributed by atoms with Crippen LogP contribution >= 0.6 is 0 Å². The molecular weight excluding hydrogens is 328 g/mol. The summed E-state index contributed by atoms with van der Waals surface area (Å²) in [4.78, 5) is 17.3. The third kappa shape index (κ3) is 2.88. The number of aromatic nitrogens is 4. The molecule has 0 bridgehead atoms. The van der Waals surface area contributed by atoms with E-state index in [1.807, 2.05) is 48.5 Å². The lowest BCUT2D eigenvalue weighted by Gasteiger charge is -2.34. The fourth-order valence-corrected chi connectivity index (χ4v) is 3.68. The molecule has 0 N–H and O–H groups in total. The molecule has 3 aromatic rings. The number of amides is 1. The topological polar surface area (TPSA) is 59.2 Å². The van der Waals surface area contributed by atoms with Crippen LogP contribution in [0.2, 0.25) is 0 Å². The highest BCUT2D eigenvalue weighted by molar-refractivity contribution is 6.04. The Balaban J connectivity index is 1.64. The predicted molar refractivity (Wildman–Crippen MR) is 99.9 cm³/mol. The summed E-state index contributed by atoms with van der Waals surface area (Å²) in [5, 5.41) is 9.89. The average Bonchev–Trinajstić information content (AvgIpc) is 3.24. The summed E-state index contributed by atoms with van der Waals surface area (Å²) in [7, 11) is 6.01. The highest BCUT2D eigenvalue weighted by atomic mass is 16.2. The molecule has 1 amide bonds. The molecule has 0 saturated heterocycles. The zero-order valence-electron chi connectivity index (χ0n) is 15.5. The van der Waals surface area contributed by atoms with Crippen LogP contribution in [-0.2, 0) is 13.6 Å². The van der Waals surface area contributed by atoms with Crippen LogP contribution in [0.25, 0.3) is 10.9 Å². The molecule has 2 aromatic heterocycles. The average molecular weight is 352 g/mol. The molecule has 0 spiro atoms. The van der Waals surface area contributed by atoms with Gasteiger partial charge in [-0.1, -0.05) is 18.2 Å². The van der Waals surface area contributed by atoms with Gasteiger partial charge in [-0.2, -0.15) is 10.2 Å². The maximum Gasteiger partial charge on any atom is 0.275 e. The largest absolute Gasteiger partial charge is 0.329 e. The third-order valence-corrected chi connectivity index (χ3v) is 5.04. The van der Waals surface area contributed by atoms with Gasteiger partial charge in [0.1, 0.15) is 0 Å². The Morgan fingerprint density at radius 3 is 2.88 bits per heavy atom. The summed E-state index contributed by atoms with van der Waals surface area (Å²) in [5.74, 6) is -0.0101. The van der Waals surface area contributed by atoms with E-state index >= 15 is 0 Å². The Hall–Kier alpha value is -2.67. The van der Waals surface area contributed by atoms with Gasteiger partial charge in [0.15, 0.2) is 5.69 Å². The van der Waals surface area contributed by atoms with Crippen molar-refractivity contribution in [1.82, 2.24) is 29.4 Å². The van der Waals surface area contributed by atoms with Gasteiger partial charge < -0.3 is 9.80 Å². The summed E-state index contributed by atoms with van der Waals surface area (Å²) in [6, 6.07) is 10.1. The van der Waals surface area contributed by atoms with Gasteiger partial charge in [0, 0.05) is 25.2 Å². The molecule has 1 aliphatic rings. The molecule has 1 atom stereocenters. The molecular formula is C19H24N6O. The van der Waals surface area contributed by atoms with Crippen molar-refractivity contribution in [3.8, 4) is 0 Å². The first kappa shape index (κ1) is 16.8. The van der Waals surface area contributed by atoms with Crippen LogP contribution in [0.3, 0.4) is 0 Å². The van der Waals surface area contributed by atoms with E-state index in [9.17, 15) is 4.79 Å². The van der Waals surface area contributed by atoms with Crippen molar-refractivity contribution in [1.29, 1.82) is 0 Å². The van der Waals surface area contributed by atoms with Gasteiger partial charge in [0.25, 0.3) is 5.91 Å². The smallest absolute Gasteiger partial charge is 0.275 e. The standard InChI is InChI=1S/C19H24N6O/c1-22(2)11-9-15-13-24(12-14-8-10-20-25(14)15)19(26)18-16-6-4-5-7-17(16)23(3)21-18/h4-8,10,15H,9,11-13H2,1-3H3. The summed E-state index contributed by atoms with van der Waals surface area (Å²) in [5.41, 5.74) is 2.58. The van der Waals surface area contributed by atoms with Gasteiger partial charge >= 0.3 is 0 Å². The number of hydrogen-bond acceptors (Lipinski definition) is 4. The molecule has 0 fully saturated rings. The molecule has 1 aliphatic heterocycles. The second-order valence-electron chi connectivity index (χ2n) is 7.19. The minimum atomic E-state index is -0.0101. The van der Waals surface area contributed by atoms with Crippen molar-refractivity contribution >= 4 is 16.8 Å². The van der Waals surface area contributed by atoms with E-state index in [1.54, 1.807) is 4.68 Å². The third-order valence-electron chi connectivity index (χ3n) is 5.04. The van der Waals surface area contributed by atoms with Crippen molar-refractivity contribution in [2.45, 2.75) is 19.0 Å². The first-order valence-electron chi connectivity index (χ1n) is 8.92. The Morgan fingerprint density at radius 2 is 2.08 bits per heavy atom. The first-order chi connectivity index (χ1) is 12.5. The van der Waals surface area contributed by atoms with Crippen LogP contribution in [0.1, 0.15) is 28.6 Å². The first-order valence-corrected chi connectivity index (χ1v) is 8.92. The van der Waals surface area contributed by atoms with E-state index in [0.29, 0.717) is 18.8 Å². The maximum absolute atomic E-state index is 13.3. The number of para-hydroxylation sites is 1. The van der Waals surface area contributed by atoms with Crippen molar-refractivity contribution in [2.75, 3.05) is 27.2 Å². The molecule has 0 aliphatic carbocycles. The van der Waals surface area contributed by atoms with Crippen LogP contribution < -0.4 is 0 Å². The van der Waals surface area contributed by atoms with E-state index in [1.165, 1.54) is 0 Å². The van der Waals surface area contributed by atoms with Crippen molar-refractivity contribution in [3.63, 3.8) is 0 Å². The number of benzene rings is 1. The molecule has 136 valence electrons. The van der Waals surface area contributed by atoms with Crippen LogP contribution in [0.4, 0.5) is 0 Å². The number of carbonyl (C=O) groups is 1. The predicted octanol–water partition coefficient (Wildman–Crippen LogP) is 1.92. The fourth-order valence-electron chi connectivity index (χ4n) is 3.68. The van der Waals surface area contributed by atoms with Crippen LogP contribution in [0, 0.1) is 0 Å². The Kier molecular flexibility index (Phi) is 4.24. The second-order valence-corrected chi connectivity index (χ2v) is 7.19. The van der Waals surface area contributed by atoms with Gasteiger partial charge in [0.2, 0.25) is 0 Å². The quantitative estimate of drug-likeness (QED) is 0.720. The molecule has 1 unspecified atom stereocenters. The lowest BCUT2D eigenvalue weighted by molar-refractivity contribution is 0.0655. The highest BCUT2D eigenvalue weighted by Gasteiger charge is 2.30. The number of rotatable bonds is 4. The van der Waals surface area contributed by atoms with Gasteiger partial charge in [-0.15, -0.1) is 0 Å². The van der Waals surface area contributed by atoms with Crippen LogP contribution in [0.5, 0.6) is 0 Å². The van der Waals surface area contributed by atoms with E-state index in [2.05, 4.69) is 33.9 Å². The van der Waals surface area contributed by atoms with Crippen molar-refractivity contribution in [3.05, 3.63) is 47.9 Å². The number of hydrogen-bond donors (Lipinski definition) is 0. The Bertz CT molecular complexity index is 941. The zero-order chi connectivity index (χ0) is 18.3. The summed E-state index contributed by atoms with van der Waals surface area (Å²) in [6.07, 6.45) is 2.77. The van der Waals surface area contributed by atoms with Gasteiger partial charge in [-0.25, -0.2) is 0 Å². The number of carbonyl (C=O) groups excluding carboxylic acids is 1. The number of fused-ring (bicyclic) bond motifs is 2. The molecule has 3 heterocycles. The fraction of sp³-hybridized carbons (Fsp3) is 0.421. The van der Waals surface area contributed by atoms with E-state index in [0.717, 1.165) is 29.6 Å². The summed E-state index contributed by atoms with van der Waals surface area (Å²) < 4.78 is 3.85. The second kappa shape index (κ2) is 6.57. The Labute approximate surface area is 152 Å². The van der Waals surface area contributed by atoms with Gasteiger partial charge in [-0.05, 0) is 39.2 Å². The highest BCUT2D eigenvalue weighted by Crippen LogP contribution is 2.26. The molecule has 0 saturated carbocycles. The molecule has 7 nitrogen and oxygen atoms in total. The Morgan fingerprint density at radius 1 is 1.27 bits per heavy atom. The number of aryl methyl sites for hydroxylation is 1. The molecule has 0 radical (unpaired) electrons. The summed E-state index contributed by atoms with van der Waals surface area (Å²) >= 11 is 0. The molecule has 4 rings (SSSR count). The van der Waals surface area contributed by atoms with Crippen LogP contribution in [-0.4, -0.2) is 62.5 Å². The molecule has 26 heavy (non-hydrogen) atoms. The minimum Gasteiger partial charge on any atom is -0.329 e. The van der Waals surface area contributed by atoms with Crippen LogP contribution in [0.15, 0.2) is 36.5 Å². The molecule has 7 heteroatoms. The SMILES string of the molecule is CN(C)CCC1CN(C(=O)c2nn(C)c3ccccc23)Cc2ccnn21. The normalized spacial score (nSPS) is 17.1. The monoisotopic (exact) mass is 352 g/mol. The minimum absolute atomic E-state index is 0.0101. The van der Waals surface area contributed by atoms with Crippen molar-refractivity contribution < 1.29 is 4.79 Å². The van der Waals surface area contributed by atoms with Crippen molar-refractivity contribution in [2.24, 2.45) is 7.05 Å².